The van der Waals surface area contributed by atoms with E-state index in [1.807, 2.05) is 59.5 Å². The maximum atomic E-state index is 5.03. The smallest absolute Gasteiger partial charge is 0.164 e. The highest BCUT2D eigenvalue weighted by Crippen LogP contribution is 2.63. The van der Waals surface area contributed by atoms with Gasteiger partial charge in [-0.2, -0.15) is 0 Å². The van der Waals surface area contributed by atoms with Crippen LogP contribution >= 0.6 is 23.1 Å². The van der Waals surface area contributed by atoms with Gasteiger partial charge < -0.3 is 0 Å². The van der Waals surface area contributed by atoms with E-state index in [0.29, 0.717) is 17.5 Å². The summed E-state index contributed by atoms with van der Waals surface area (Å²) < 4.78 is 2.58. The number of hydrogen-bond donors (Lipinski definition) is 0. The van der Waals surface area contributed by atoms with Crippen LogP contribution in [0, 0.1) is 0 Å². The van der Waals surface area contributed by atoms with Crippen LogP contribution in [0.1, 0.15) is 22.3 Å². The van der Waals surface area contributed by atoms with Crippen LogP contribution in [0.3, 0.4) is 0 Å². The lowest BCUT2D eigenvalue weighted by Crippen LogP contribution is -2.31. The summed E-state index contributed by atoms with van der Waals surface area (Å²) in [4.78, 5) is 17.6. The number of benzene rings is 7. The second-order valence-electron chi connectivity index (χ2n) is 13.1. The molecular formula is C46H27N3S2. The quantitative estimate of drug-likeness (QED) is 0.186. The summed E-state index contributed by atoms with van der Waals surface area (Å²) in [6.07, 6.45) is 0. The van der Waals surface area contributed by atoms with Crippen LogP contribution in [-0.4, -0.2) is 15.0 Å². The molecule has 0 radical (unpaired) electrons. The fraction of sp³-hybridized carbons (Fsp3) is 0.0217. The van der Waals surface area contributed by atoms with Crippen molar-refractivity contribution in [3.63, 3.8) is 0 Å². The molecule has 7 aromatic carbocycles. The third kappa shape index (κ3) is 4.16. The molecule has 3 nitrogen and oxygen atoms in total. The van der Waals surface area contributed by atoms with Gasteiger partial charge >= 0.3 is 0 Å². The van der Waals surface area contributed by atoms with Gasteiger partial charge in [0.05, 0.1) is 5.41 Å². The van der Waals surface area contributed by atoms with Gasteiger partial charge in [0, 0.05) is 46.7 Å². The number of rotatable bonds is 3. The second kappa shape index (κ2) is 11.1. The summed E-state index contributed by atoms with van der Waals surface area (Å²) in [5.74, 6) is 2.01. The second-order valence-corrected chi connectivity index (χ2v) is 15.2. The first-order valence-corrected chi connectivity index (χ1v) is 18.7. The van der Waals surface area contributed by atoms with Gasteiger partial charge in [0.2, 0.25) is 0 Å². The lowest BCUT2D eigenvalue weighted by atomic mass is 9.67. The Hall–Kier alpha value is -5.88. The Kier molecular flexibility index (Phi) is 6.27. The maximum Gasteiger partial charge on any atom is 0.164 e. The molecular weight excluding hydrogens is 659 g/mol. The minimum atomic E-state index is -0.382. The van der Waals surface area contributed by atoms with Crippen LogP contribution in [0.25, 0.3) is 65.5 Å². The lowest BCUT2D eigenvalue weighted by molar-refractivity contribution is 0.726. The van der Waals surface area contributed by atoms with Gasteiger partial charge in [-0.05, 0) is 57.6 Å². The number of fused-ring (bicyclic) bond motifs is 13. The molecule has 9 aromatic rings. The summed E-state index contributed by atoms with van der Waals surface area (Å²) >= 11 is 3.80. The van der Waals surface area contributed by atoms with E-state index in [9.17, 15) is 0 Å². The van der Waals surface area contributed by atoms with Crippen molar-refractivity contribution in [3.8, 4) is 45.3 Å². The van der Waals surface area contributed by atoms with Crippen LogP contribution in [0.5, 0.6) is 0 Å². The Morgan fingerprint density at radius 3 is 1.61 bits per heavy atom. The molecule has 3 heterocycles. The van der Waals surface area contributed by atoms with Gasteiger partial charge in [-0.25, -0.2) is 15.0 Å². The zero-order valence-electron chi connectivity index (χ0n) is 27.2. The van der Waals surface area contributed by atoms with Crippen molar-refractivity contribution in [1.82, 2.24) is 15.0 Å². The molecule has 238 valence electrons. The van der Waals surface area contributed by atoms with Crippen molar-refractivity contribution in [2.24, 2.45) is 0 Å². The van der Waals surface area contributed by atoms with E-state index in [2.05, 4.69) is 127 Å². The highest BCUT2D eigenvalue weighted by molar-refractivity contribution is 8.00. The summed E-state index contributed by atoms with van der Waals surface area (Å²) in [6.45, 7) is 0. The standard InChI is InChI=1S/C46H27N3S2/c1-3-13-28(14-4-1)43-47-44(29-15-5-2-6-16-29)49-45(48-43)30-23-26-39-34(27-30)33-24-25-38-42(41(33)50-39)51-40-22-12-11-21-37(40)46(38)35-19-9-7-17-31(35)32-18-8-10-20-36(32)46/h1-27H. The molecule has 0 unspecified atom stereocenters. The summed E-state index contributed by atoms with van der Waals surface area (Å²) in [6, 6.07) is 58.8. The van der Waals surface area contributed by atoms with Crippen molar-refractivity contribution in [3.05, 3.63) is 186 Å². The summed E-state index contributed by atoms with van der Waals surface area (Å²) in [5.41, 5.74) is 10.6. The van der Waals surface area contributed by atoms with E-state index >= 15 is 0 Å². The van der Waals surface area contributed by atoms with Gasteiger partial charge in [-0.3, -0.25) is 0 Å². The number of hydrogen-bond acceptors (Lipinski definition) is 5. The predicted molar refractivity (Wildman–Crippen MR) is 210 cm³/mol. The highest BCUT2D eigenvalue weighted by atomic mass is 32.2. The lowest BCUT2D eigenvalue weighted by Gasteiger charge is -2.39. The van der Waals surface area contributed by atoms with Gasteiger partial charge in [0.25, 0.3) is 0 Å². The highest BCUT2D eigenvalue weighted by Gasteiger charge is 2.50. The molecule has 1 aliphatic heterocycles. The molecule has 0 saturated heterocycles. The molecule has 0 N–H and O–H groups in total. The number of nitrogens with zero attached hydrogens (tertiary/aromatic N) is 3. The molecule has 1 spiro atoms. The molecule has 0 fully saturated rings. The Labute approximate surface area is 303 Å². The third-order valence-corrected chi connectivity index (χ3v) is 12.9. The molecule has 11 rings (SSSR count). The SMILES string of the molecule is c1ccc(-c2nc(-c3ccccc3)nc(-c3ccc4sc5c6c(ccc5c4c3)C3(c4ccccc4S6)c4ccccc4-c4ccccc43)n2)cc1. The normalized spacial score (nSPS) is 13.6. The van der Waals surface area contributed by atoms with Gasteiger partial charge in [-0.1, -0.05) is 151 Å². The van der Waals surface area contributed by atoms with E-state index in [4.69, 9.17) is 15.0 Å². The van der Waals surface area contributed by atoms with E-state index < -0.39 is 0 Å². The minimum absolute atomic E-state index is 0.382. The first-order valence-electron chi connectivity index (χ1n) is 17.1. The zero-order chi connectivity index (χ0) is 33.5. The first-order chi connectivity index (χ1) is 25.3. The van der Waals surface area contributed by atoms with Crippen molar-refractivity contribution in [2.45, 2.75) is 15.2 Å². The molecule has 0 amide bonds. The monoisotopic (exact) mass is 685 g/mol. The molecule has 5 heteroatoms. The van der Waals surface area contributed by atoms with E-state index in [-0.39, 0.29) is 5.41 Å². The number of aromatic nitrogens is 3. The van der Waals surface area contributed by atoms with Crippen LogP contribution < -0.4 is 0 Å². The van der Waals surface area contributed by atoms with Crippen LogP contribution in [0.4, 0.5) is 0 Å². The van der Waals surface area contributed by atoms with E-state index in [0.717, 1.165) is 16.7 Å². The maximum absolute atomic E-state index is 5.03. The fourth-order valence-electron chi connectivity index (χ4n) is 8.22. The molecule has 1 aliphatic carbocycles. The zero-order valence-corrected chi connectivity index (χ0v) is 28.9. The van der Waals surface area contributed by atoms with Crippen molar-refractivity contribution >= 4 is 43.3 Å². The average Bonchev–Trinajstić information content (AvgIpc) is 3.73. The summed E-state index contributed by atoms with van der Waals surface area (Å²) in [5, 5.41) is 2.48. The van der Waals surface area contributed by atoms with Crippen LogP contribution in [0.15, 0.2) is 174 Å². The molecule has 2 aromatic heterocycles. The van der Waals surface area contributed by atoms with Crippen molar-refractivity contribution < 1.29 is 0 Å². The molecule has 2 aliphatic rings. The minimum Gasteiger partial charge on any atom is -0.208 e. The Morgan fingerprint density at radius 2 is 0.961 bits per heavy atom. The first kappa shape index (κ1) is 28.9. The van der Waals surface area contributed by atoms with E-state index in [1.54, 1.807) is 0 Å². The Morgan fingerprint density at radius 1 is 0.412 bits per heavy atom. The van der Waals surface area contributed by atoms with Crippen molar-refractivity contribution in [2.75, 3.05) is 0 Å². The Bertz CT molecular complexity index is 2740. The van der Waals surface area contributed by atoms with Crippen LogP contribution in [0.2, 0.25) is 0 Å². The molecule has 51 heavy (non-hydrogen) atoms. The van der Waals surface area contributed by atoms with Gasteiger partial charge in [-0.15, -0.1) is 11.3 Å². The van der Waals surface area contributed by atoms with E-state index in [1.165, 1.54) is 63.3 Å². The van der Waals surface area contributed by atoms with Gasteiger partial charge in [0.1, 0.15) is 0 Å². The Balaban J connectivity index is 1.14. The van der Waals surface area contributed by atoms with Gasteiger partial charge in [0.15, 0.2) is 17.5 Å². The molecule has 0 atom stereocenters. The average molecular weight is 686 g/mol. The number of thiophene rings is 1. The largest absolute Gasteiger partial charge is 0.208 e. The molecule has 0 saturated carbocycles. The topological polar surface area (TPSA) is 38.7 Å². The molecule has 0 bridgehead atoms. The predicted octanol–water partition coefficient (Wildman–Crippen LogP) is 12.1. The summed E-state index contributed by atoms with van der Waals surface area (Å²) in [7, 11) is 0. The fourth-order valence-corrected chi connectivity index (χ4v) is 10.8. The van der Waals surface area contributed by atoms with Crippen LogP contribution in [-0.2, 0) is 5.41 Å². The van der Waals surface area contributed by atoms with Crippen molar-refractivity contribution in [1.29, 1.82) is 0 Å². The third-order valence-electron chi connectivity index (χ3n) is 10.4.